The van der Waals surface area contributed by atoms with Gasteiger partial charge in [0.15, 0.2) is 0 Å². The van der Waals surface area contributed by atoms with E-state index in [9.17, 15) is 4.79 Å². The summed E-state index contributed by atoms with van der Waals surface area (Å²) in [7, 11) is 0. The van der Waals surface area contributed by atoms with Crippen LogP contribution in [0.15, 0.2) is 15.9 Å². The number of aliphatic hydroxyl groups excluding tert-OH is 1. The van der Waals surface area contributed by atoms with Crippen molar-refractivity contribution in [1.29, 1.82) is 0 Å². The third-order valence-corrected chi connectivity index (χ3v) is 4.34. The van der Waals surface area contributed by atoms with E-state index in [-0.39, 0.29) is 17.9 Å². The van der Waals surface area contributed by atoms with Crippen LogP contribution in [0.1, 0.15) is 22.5 Å². The molecule has 1 heterocycles. The number of hydrogen-bond acceptors (Lipinski definition) is 3. The highest BCUT2D eigenvalue weighted by molar-refractivity contribution is 9.11. The van der Waals surface area contributed by atoms with Crippen molar-refractivity contribution in [3.63, 3.8) is 0 Å². The van der Waals surface area contributed by atoms with Crippen molar-refractivity contribution in [2.24, 2.45) is 5.41 Å². The molecule has 1 amide bonds. The van der Waals surface area contributed by atoms with Gasteiger partial charge in [-0.2, -0.15) is 0 Å². The maximum Gasteiger partial charge on any atom is 0.261 e. The molecular formula is C10H12BrNO2S. The highest BCUT2D eigenvalue weighted by Crippen LogP contribution is 2.44. The summed E-state index contributed by atoms with van der Waals surface area (Å²) in [6, 6.07) is 3.65. The number of carbonyl (C=O) groups is 1. The zero-order valence-corrected chi connectivity index (χ0v) is 10.5. The van der Waals surface area contributed by atoms with Gasteiger partial charge in [0.05, 0.1) is 15.3 Å². The van der Waals surface area contributed by atoms with Crippen LogP contribution in [-0.2, 0) is 0 Å². The van der Waals surface area contributed by atoms with E-state index in [1.54, 1.807) is 6.07 Å². The minimum atomic E-state index is -0.0505. The van der Waals surface area contributed by atoms with Crippen LogP contribution in [-0.4, -0.2) is 24.2 Å². The maximum absolute atomic E-state index is 11.6. The molecule has 0 spiro atoms. The minimum Gasteiger partial charge on any atom is -0.396 e. The van der Waals surface area contributed by atoms with Gasteiger partial charge in [0.1, 0.15) is 0 Å². The highest BCUT2D eigenvalue weighted by Gasteiger charge is 2.42. The van der Waals surface area contributed by atoms with Crippen molar-refractivity contribution < 1.29 is 9.90 Å². The fraction of sp³-hybridized carbons (Fsp3) is 0.500. The van der Waals surface area contributed by atoms with Gasteiger partial charge in [-0.25, -0.2) is 0 Å². The summed E-state index contributed by atoms with van der Waals surface area (Å²) in [5.74, 6) is -0.0505. The van der Waals surface area contributed by atoms with Crippen molar-refractivity contribution in [2.75, 3.05) is 13.2 Å². The number of amides is 1. The first kappa shape index (κ1) is 11.1. The van der Waals surface area contributed by atoms with Crippen LogP contribution in [0.5, 0.6) is 0 Å². The molecule has 1 saturated carbocycles. The highest BCUT2D eigenvalue weighted by atomic mass is 79.9. The average molecular weight is 290 g/mol. The number of rotatable bonds is 4. The molecule has 2 N–H and O–H groups in total. The minimum absolute atomic E-state index is 0.0237. The number of aliphatic hydroxyl groups is 1. The van der Waals surface area contributed by atoms with Gasteiger partial charge in [0.2, 0.25) is 0 Å². The third kappa shape index (κ3) is 2.59. The lowest BCUT2D eigenvalue weighted by Crippen LogP contribution is -2.31. The van der Waals surface area contributed by atoms with Crippen LogP contribution in [0.2, 0.25) is 0 Å². The Bertz CT molecular complexity index is 373. The predicted molar refractivity (Wildman–Crippen MR) is 63.1 cm³/mol. The van der Waals surface area contributed by atoms with Crippen LogP contribution in [0.3, 0.4) is 0 Å². The van der Waals surface area contributed by atoms with E-state index >= 15 is 0 Å². The molecule has 82 valence electrons. The lowest BCUT2D eigenvalue weighted by Gasteiger charge is -2.11. The molecule has 0 unspecified atom stereocenters. The molecule has 5 heteroatoms. The number of hydrogen-bond donors (Lipinski definition) is 2. The van der Waals surface area contributed by atoms with E-state index in [1.165, 1.54) is 11.3 Å². The first-order valence-corrected chi connectivity index (χ1v) is 6.41. The Morgan fingerprint density at radius 1 is 1.60 bits per heavy atom. The topological polar surface area (TPSA) is 49.3 Å². The fourth-order valence-electron chi connectivity index (χ4n) is 1.36. The second-order valence-electron chi connectivity index (χ2n) is 3.94. The quantitative estimate of drug-likeness (QED) is 0.891. The van der Waals surface area contributed by atoms with Crippen molar-refractivity contribution in [1.82, 2.24) is 5.32 Å². The van der Waals surface area contributed by atoms with Crippen molar-refractivity contribution in [2.45, 2.75) is 12.8 Å². The Hall–Kier alpha value is -0.390. The molecular weight excluding hydrogens is 278 g/mol. The van der Waals surface area contributed by atoms with E-state index in [2.05, 4.69) is 21.2 Å². The smallest absolute Gasteiger partial charge is 0.261 e. The van der Waals surface area contributed by atoms with Crippen LogP contribution >= 0.6 is 27.3 Å². The number of halogens is 1. The molecule has 15 heavy (non-hydrogen) atoms. The second kappa shape index (κ2) is 4.23. The van der Waals surface area contributed by atoms with Gasteiger partial charge < -0.3 is 10.4 Å². The van der Waals surface area contributed by atoms with Crippen LogP contribution in [0, 0.1) is 5.41 Å². The van der Waals surface area contributed by atoms with E-state index in [0.29, 0.717) is 11.4 Å². The van der Waals surface area contributed by atoms with Crippen molar-refractivity contribution >= 4 is 33.2 Å². The Morgan fingerprint density at radius 3 is 2.80 bits per heavy atom. The standard InChI is InChI=1S/C10H12BrNO2S/c11-8-2-1-7(15-8)9(14)12-5-10(6-13)3-4-10/h1-2,13H,3-6H2,(H,12,14). The zero-order chi connectivity index (χ0) is 10.9. The van der Waals surface area contributed by atoms with Gasteiger partial charge in [0.25, 0.3) is 5.91 Å². The SMILES string of the molecule is O=C(NCC1(CO)CC1)c1ccc(Br)s1. The van der Waals surface area contributed by atoms with Gasteiger partial charge in [-0.15, -0.1) is 11.3 Å². The van der Waals surface area contributed by atoms with Gasteiger partial charge >= 0.3 is 0 Å². The molecule has 0 atom stereocenters. The summed E-state index contributed by atoms with van der Waals surface area (Å²) in [5, 5.41) is 11.9. The lowest BCUT2D eigenvalue weighted by atomic mass is 10.1. The summed E-state index contributed by atoms with van der Waals surface area (Å²) in [5.41, 5.74) is -0.0237. The summed E-state index contributed by atoms with van der Waals surface area (Å²) in [6.45, 7) is 0.749. The second-order valence-corrected chi connectivity index (χ2v) is 6.41. The van der Waals surface area contributed by atoms with Gasteiger partial charge in [-0.1, -0.05) is 0 Å². The summed E-state index contributed by atoms with van der Waals surface area (Å²) in [4.78, 5) is 12.3. The molecule has 0 aromatic carbocycles. The molecule has 1 aliphatic rings. The average Bonchev–Trinajstić information content (AvgIpc) is 2.90. The number of thiophene rings is 1. The van der Waals surface area contributed by atoms with Crippen molar-refractivity contribution in [3.8, 4) is 0 Å². The molecule has 1 aliphatic carbocycles. The maximum atomic E-state index is 11.6. The van der Waals surface area contributed by atoms with Gasteiger partial charge in [-0.3, -0.25) is 4.79 Å². The fourth-order valence-corrected chi connectivity index (χ4v) is 2.66. The zero-order valence-electron chi connectivity index (χ0n) is 8.12. The predicted octanol–water partition coefficient (Wildman–Crippen LogP) is 2.01. The van der Waals surface area contributed by atoms with Crippen molar-refractivity contribution in [3.05, 3.63) is 20.8 Å². The van der Waals surface area contributed by atoms with E-state index in [4.69, 9.17) is 5.11 Å². The Kier molecular flexibility index (Phi) is 3.13. The molecule has 0 saturated heterocycles. The normalized spacial score (nSPS) is 17.5. The number of carbonyl (C=O) groups excluding carboxylic acids is 1. The monoisotopic (exact) mass is 289 g/mol. The lowest BCUT2D eigenvalue weighted by molar-refractivity contribution is 0.0939. The Balaban J connectivity index is 1.88. The number of nitrogens with one attached hydrogen (secondary N) is 1. The molecule has 1 fully saturated rings. The molecule has 0 aliphatic heterocycles. The molecule has 3 nitrogen and oxygen atoms in total. The van der Waals surface area contributed by atoms with Crippen LogP contribution < -0.4 is 5.32 Å². The third-order valence-electron chi connectivity index (χ3n) is 2.71. The molecule has 2 rings (SSSR count). The van der Waals surface area contributed by atoms with Crippen LogP contribution in [0.25, 0.3) is 0 Å². The summed E-state index contributed by atoms with van der Waals surface area (Å²) >= 11 is 4.73. The molecule has 1 aromatic rings. The van der Waals surface area contributed by atoms with Gasteiger partial charge in [0, 0.05) is 12.0 Å². The largest absolute Gasteiger partial charge is 0.396 e. The van der Waals surface area contributed by atoms with E-state index < -0.39 is 0 Å². The van der Waals surface area contributed by atoms with Crippen LogP contribution in [0.4, 0.5) is 0 Å². The summed E-state index contributed by atoms with van der Waals surface area (Å²) in [6.07, 6.45) is 2.02. The van der Waals surface area contributed by atoms with E-state index in [1.807, 2.05) is 6.07 Å². The first-order valence-electron chi connectivity index (χ1n) is 4.80. The molecule has 1 aromatic heterocycles. The molecule has 0 bridgehead atoms. The Labute approximate surface area is 101 Å². The molecule has 0 radical (unpaired) electrons. The Morgan fingerprint density at radius 2 is 2.33 bits per heavy atom. The van der Waals surface area contributed by atoms with E-state index in [0.717, 1.165) is 16.6 Å². The summed E-state index contributed by atoms with van der Waals surface area (Å²) < 4.78 is 0.955. The van der Waals surface area contributed by atoms with Gasteiger partial charge in [-0.05, 0) is 40.9 Å². The first-order chi connectivity index (χ1) is 7.15.